The molecule has 102 valence electrons. The zero-order valence-electron chi connectivity index (χ0n) is 10.4. The number of halogens is 2. The highest BCUT2D eigenvalue weighted by atomic mass is 127. The van der Waals surface area contributed by atoms with Gasteiger partial charge >= 0.3 is 0 Å². The summed E-state index contributed by atoms with van der Waals surface area (Å²) in [5.41, 5.74) is 8.16. The predicted octanol–water partition coefficient (Wildman–Crippen LogP) is 3.32. The van der Waals surface area contributed by atoms with Gasteiger partial charge in [0.05, 0.1) is 12.1 Å². The highest BCUT2D eigenvalue weighted by Crippen LogP contribution is 2.18. The maximum absolute atomic E-state index is 10.2. The minimum absolute atomic E-state index is 0. The Morgan fingerprint density at radius 2 is 1.58 bits per heavy atom. The van der Waals surface area contributed by atoms with E-state index in [1.165, 1.54) is 3.57 Å². The van der Waals surface area contributed by atoms with Crippen molar-refractivity contribution in [1.82, 2.24) is 0 Å². The summed E-state index contributed by atoms with van der Waals surface area (Å²) in [5.74, 6) is 0. The van der Waals surface area contributed by atoms with Crippen LogP contribution in [-0.2, 0) is 6.42 Å². The monoisotopic (exact) mass is 389 g/mol. The average molecular weight is 390 g/mol. The predicted molar refractivity (Wildman–Crippen MR) is 89.5 cm³/mol. The second kappa shape index (κ2) is 7.85. The molecule has 2 rings (SSSR count). The third-order valence-corrected chi connectivity index (χ3v) is 3.68. The summed E-state index contributed by atoms with van der Waals surface area (Å²) in [4.78, 5) is 0. The summed E-state index contributed by atoms with van der Waals surface area (Å²) in [7, 11) is 0. The zero-order valence-corrected chi connectivity index (χ0v) is 13.3. The van der Waals surface area contributed by atoms with Crippen LogP contribution >= 0.6 is 35.0 Å². The Morgan fingerprint density at radius 3 is 2.16 bits per heavy atom. The Balaban J connectivity index is 0.00000180. The molecule has 0 aromatic heterocycles. The first-order valence-corrected chi connectivity index (χ1v) is 6.98. The van der Waals surface area contributed by atoms with Gasteiger partial charge < -0.3 is 10.8 Å². The minimum atomic E-state index is -0.563. The molecule has 0 spiro atoms. The van der Waals surface area contributed by atoms with Gasteiger partial charge in [0.25, 0.3) is 0 Å². The van der Waals surface area contributed by atoms with E-state index >= 15 is 0 Å². The molecular weight excluding hydrogens is 373 g/mol. The normalized spacial score (nSPS) is 13.4. The van der Waals surface area contributed by atoms with Crippen molar-refractivity contribution in [2.75, 3.05) is 0 Å². The van der Waals surface area contributed by atoms with Crippen LogP contribution in [0.5, 0.6) is 0 Å². The lowest BCUT2D eigenvalue weighted by atomic mass is 9.97. The first-order chi connectivity index (χ1) is 8.66. The molecule has 0 fully saturated rings. The van der Waals surface area contributed by atoms with Crippen molar-refractivity contribution in [3.8, 4) is 0 Å². The summed E-state index contributed by atoms with van der Waals surface area (Å²) in [6, 6.07) is 17.5. The molecule has 0 radical (unpaired) electrons. The van der Waals surface area contributed by atoms with Gasteiger partial charge in [-0.05, 0) is 45.9 Å². The van der Waals surface area contributed by atoms with Crippen LogP contribution in [0, 0.1) is 3.57 Å². The van der Waals surface area contributed by atoms with Crippen molar-refractivity contribution in [1.29, 1.82) is 0 Å². The minimum Gasteiger partial charge on any atom is -0.391 e. The second-order valence-electron chi connectivity index (χ2n) is 4.33. The average Bonchev–Trinajstić information content (AvgIpc) is 2.40. The standard InChI is InChI=1S/C15H16INO.ClH/c16-13-8-6-12(7-9-13)15(17)14(18)10-11-4-2-1-3-5-11;/h1-9,14-15,18H,10,17H2;1H/t14-,15+;/m1./s1. The fraction of sp³-hybridized carbons (Fsp3) is 0.200. The van der Waals surface area contributed by atoms with Gasteiger partial charge in [0.2, 0.25) is 0 Å². The molecule has 0 bridgehead atoms. The molecule has 0 aliphatic carbocycles. The van der Waals surface area contributed by atoms with Gasteiger partial charge in [-0.15, -0.1) is 12.4 Å². The van der Waals surface area contributed by atoms with Gasteiger partial charge in [-0.2, -0.15) is 0 Å². The maximum atomic E-state index is 10.2. The number of hydrogen-bond donors (Lipinski definition) is 2. The number of benzene rings is 2. The Bertz CT molecular complexity index is 489. The van der Waals surface area contributed by atoms with E-state index in [1.54, 1.807) is 0 Å². The van der Waals surface area contributed by atoms with Gasteiger partial charge in [0.1, 0.15) is 0 Å². The quantitative estimate of drug-likeness (QED) is 0.788. The van der Waals surface area contributed by atoms with Crippen LogP contribution in [0.15, 0.2) is 54.6 Å². The zero-order chi connectivity index (χ0) is 13.0. The van der Waals surface area contributed by atoms with Crippen molar-refractivity contribution < 1.29 is 5.11 Å². The van der Waals surface area contributed by atoms with Crippen molar-refractivity contribution in [2.45, 2.75) is 18.6 Å². The second-order valence-corrected chi connectivity index (χ2v) is 5.58. The molecule has 0 saturated carbocycles. The Labute approximate surface area is 133 Å². The molecule has 2 atom stereocenters. The fourth-order valence-electron chi connectivity index (χ4n) is 1.89. The smallest absolute Gasteiger partial charge is 0.0773 e. The SMILES string of the molecule is Cl.N[C@@H](c1ccc(I)cc1)[C@H](O)Cc1ccccc1. The number of rotatable bonds is 4. The van der Waals surface area contributed by atoms with Crippen molar-refractivity contribution in [3.05, 3.63) is 69.3 Å². The molecule has 0 saturated heterocycles. The van der Waals surface area contributed by atoms with Gasteiger partial charge in [0.15, 0.2) is 0 Å². The van der Waals surface area contributed by atoms with E-state index in [0.29, 0.717) is 6.42 Å². The topological polar surface area (TPSA) is 46.2 Å². The molecular formula is C15H17ClINO. The summed E-state index contributed by atoms with van der Waals surface area (Å²) >= 11 is 2.25. The third-order valence-electron chi connectivity index (χ3n) is 2.96. The maximum Gasteiger partial charge on any atom is 0.0773 e. The molecule has 0 aliphatic rings. The lowest BCUT2D eigenvalue weighted by Gasteiger charge is -2.19. The van der Waals surface area contributed by atoms with Gasteiger partial charge in [-0.1, -0.05) is 42.5 Å². The number of nitrogens with two attached hydrogens (primary N) is 1. The molecule has 19 heavy (non-hydrogen) atoms. The van der Waals surface area contributed by atoms with Crippen LogP contribution in [0.1, 0.15) is 17.2 Å². The summed E-state index contributed by atoms with van der Waals surface area (Å²) < 4.78 is 1.17. The van der Waals surface area contributed by atoms with E-state index < -0.39 is 6.10 Å². The number of hydrogen-bond acceptors (Lipinski definition) is 2. The van der Waals surface area contributed by atoms with Crippen LogP contribution in [0.25, 0.3) is 0 Å². The van der Waals surface area contributed by atoms with Crippen molar-refractivity contribution >= 4 is 35.0 Å². The largest absolute Gasteiger partial charge is 0.391 e. The van der Waals surface area contributed by atoms with Gasteiger partial charge in [0, 0.05) is 9.99 Å². The van der Waals surface area contributed by atoms with E-state index in [-0.39, 0.29) is 18.4 Å². The molecule has 2 aromatic rings. The molecule has 0 amide bonds. The lowest BCUT2D eigenvalue weighted by Crippen LogP contribution is -2.28. The Hall–Kier alpha value is -0.620. The van der Waals surface area contributed by atoms with Crippen molar-refractivity contribution in [3.63, 3.8) is 0 Å². The van der Waals surface area contributed by atoms with E-state index in [2.05, 4.69) is 22.6 Å². The van der Waals surface area contributed by atoms with Crippen LogP contribution < -0.4 is 5.73 Å². The van der Waals surface area contributed by atoms with E-state index in [4.69, 9.17) is 5.73 Å². The lowest BCUT2D eigenvalue weighted by molar-refractivity contribution is 0.145. The molecule has 2 aromatic carbocycles. The summed E-state index contributed by atoms with van der Waals surface area (Å²) in [5, 5.41) is 10.2. The fourth-order valence-corrected chi connectivity index (χ4v) is 2.25. The van der Waals surface area contributed by atoms with Crippen molar-refractivity contribution in [2.24, 2.45) is 5.73 Å². The summed E-state index contributed by atoms with van der Waals surface area (Å²) in [6.45, 7) is 0. The Kier molecular flexibility index (Phi) is 6.79. The van der Waals surface area contributed by atoms with E-state index in [1.807, 2.05) is 54.6 Å². The molecule has 0 heterocycles. The highest BCUT2D eigenvalue weighted by Gasteiger charge is 2.16. The van der Waals surface area contributed by atoms with Crippen LogP contribution in [-0.4, -0.2) is 11.2 Å². The molecule has 0 unspecified atom stereocenters. The number of aliphatic hydroxyl groups excluding tert-OH is 1. The van der Waals surface area contributed by atoms with Gasteiger partial charge in [-0.3, -0.25) is 0 Å². The van der Waals surface area contributed by atoms with E-state index in [9.17, 15) is 5.11 Å². The van der Waals surface area contributed by atoms with Crippen LogP contribution in [0.4, 0.5) is 0 Å². The molecule has 2 nitrogen and oxygen atoms in total. The van der Waals surface area contributed by atoms with E-state index in [0.717, 1.165) is 11.1 Å². The van der Waals surface area contributed by atoms with Gasteiger partial charge in [-0.25, -0.2) is 0 Å². The Morgan fingerprint density at radius 1 is 1.00 bits per heavy atom. The van der Waals surface area contributed by atoms with Crippen LogP contribution in [0.3, 0.4) is 0 Å². The molecule has 0 aliphatic heterocycles. The van der Waals surface area contributed by atoms with Crippen LogP contribution in [0.2, 0.25) is 0 Å². The highest BCUT2D eigenvalue weighted by molar-refractivity contribution is 14.1. The molecule has 4 heteroatoms. The first-order valence-electron chi connectivity index (χ1n) is 5.90. The third kappa shape index (κ3) is 4.76. The molecule has 3 N–H and O–H groups in total. The first kappa shape index (κ1) is 16.4. The number of aliphatic hydroxyl groups is 1. The summed E-state index contributed by atoms with van der Waals surface area (Å²) in [6.07, 6.45) is 0.0148.